The fourth-order valence-corrected chi connectivity index (χ4v) is 3.41. The Kier molecular flexibility index (Phi) is 3.97. The molecule has 2 atom stereocenters. The van der Waals surface area contributed by atoms with Gasteiger partial charge >= 0.3 is 0 Å². The SMILES string of the molecule is CN(C)C1CCN(C(=O)C2(C)CCCC2N)CC1. The van der Waals surface area contributed by atoms with Crippen molar-refractivity contribution in [3.8, 4) is 0 Å². The molecule has 0 bridgehead atoms. The number of nitrogens with two attached hydrogens (primary N) is 1. The van der Waals surface area contributed by atoms with Crippen molar-refractivity contribution in [3.05, 3.63) is 0 Å². The van der Waals surface area contributed by atoms with Crippen LogP contribution in [0.2, 0.25) is 0 Å². The van der Waals surface area contributed by atoms with Crippen LogP contribution in [-0.4, -0.2) is 55.0 Å². The third-order valence-electron chi connectivity index (χ3n) is 5.00. The molecule has 1 amide bonds. The first-order valence-electron chi connectivity index (χ1n) is 7.16. The molecule has 1 saturated heterocycles. The highest BCUT2D eigenvalue weighted by Gasteiger charge is 2.45. The predicted octanol–water partition coefficient (Wildman–Crippen LogP) is 1.06. The number of carbonyl (C=O) groups is 1. The van der Waals surface area contributed by atoms with Gasteiger partial charge in [-0.1, -0.05) is 6.42 Å². The summed E-state index contributed by atoms with van der Waals surface area (Å²) in [7, 11) is 4.24. The van der Waals surface area contributed by atoms with Gasteiger partial charge in [-0.2, -0.15) is 0 Å². The maximum absolute atomic E-state index is 12.6. The number of piperidine rings is 1. The topological polar surface area (TPSA) is 49.6 Å². The van der Waals surface area contributed by atoms with Crippen LogP contribution >= 0.6 is 0 Å². The van der Waals surface area contributed by atoms with Crippen molar-refractivity contribution in [2.24, 2.45) is 11.1 Å². The van der Waals surface area contributed by atoms with E-state index in [1.54, 1.807) is 0 Å². The zero-order chi connectivity index (χ0) is 13.3. The Morgan fingerprint density at radius 2 is 1.89 bits per heavy atom. The molecule has 2 fully saturated rings. The Morgan fingerprint density at radius 1 is 1.28 bits per heavy atom. The van der Waals surface area contributed by atoms with Crippen molar-refractivity contribution in [3.63, 3.8) is 0 Å². The second kappa shape index (κ2) is 5.17. The van der Waals surface area contributed by atoms with Gasteiger partial charge in [0.15, 0.2) is 0 Å². The molecule has 2 unspecified atom stereocenters. The molecule has 4 nitrogen and oxygen atoms in total. The van der Waals surface area contributed by atoms with E-state index in [1.807, 2.05) is 4.90 Å². The Morgan fingerprint density at radius 3 is 2.33 bits per heavy atom. The lowest BCUT2D eigenvalue weighted by Gasteiger charge is -2.40. The lowest BCUT2D eigenvalue weighted by atomic mass is 9.83. The van der Waals surface area contributed by atoms with E-state index in [-0.39, 0.29) is 11.5 Å². The summed E-state index contributed by atoms with van der Waals surface area (Å²) in [6.07, 6.45) is 5.22. The van der Waals surface area contributed by atoms with Crippen LogP contribution < -0.4 is 5.73 Å². The molecule has 18 heavy (non-hydrogen) atoms. The second-order valence-electron chi connectivity index (χ2n) is 6.40. The van der Waals surface area contributed by atoms with Crippen molar-refractivity contribution in [1.29, 1.82) is 0 Å². The Bertz CT molecular complexity index is 310. The molecule has 1 aliphatic heterocycles. The smallest absolute Gasteiger partial charge is 0.230 e. The van der Waals surface area contributed by atoms with Crippen LogP contribution in [0, 0.1) is 5.41 Å². The fraction of sp³-hybridized carbons (Fsp3) is 0.929. The van der Waals surface area contributed by atoms with Gasteiger partial charge in [0.05, 0.1) is 5.41 Å². The minimum Gasteiger partial charge on any atom is -0.342 e. The van der Waals surface area contributed by atoms with E-state index in [2.05, 4.69) is 25.9 Å². The van der Waals surface area contributed by atoms with Gasteiger partial charge in [-0.15, -0.1) is 0 Å². The van der Waals surface area contributed by atoms with Crippen LogP contribution in [0.1, 0.15) is 39.0 Å². The number of carbonyl (C=O) groups excluding carboxylic acids is 1. The summed E-state index contributed by atoms with van der Waals surface area (Å²) >= 11 is 0. The molecule has 0 aromatic carbocycles. The van der Waals surface area contributed by atoms with E-state index in [9.17, 15) is 4.79 Å². The van der Waals surface area contributed by atoms with Crippen molar-refractivity contribution in [1.82, 2.24) is 9.80 Å². The first kappa shape index (κ1) is 13.8. The lowest BCUT2D eigenvalue weighted by molar-refractivity contribution is -0.143. The zero-order valence-corrected chi connectivity index (χ0v) is 12.0. The normalized spacial score (nSPS) is 34.3. The number of amides is 1. The summed E-state index contributed by atoms with van der Waals surface area (Å²) in [6.45, 7) is 3.85. The molecule has 0 radical (unpaired) electrons. The number of nitrogens with zero attached hydrogens (tertiary/aromatic N) is 2. The highest BCUT2D eigenvalue weighted by molar-refractivity contribution is 5.83. The van der Waals surface area contributed by atoms with Crippen LogP contribution in [0.25, 0.3) is 0 Å². The lowest BCUT2D eigenvalue weighted by Crippen LogP contribution is -2.53. The van der Waals surface area contributed by atoms with E-state index < -0.39 is 0 Å². The first-order valence-corrected chi connectivity index (χ1v) is 7.16. The van der Waals surface area contributed by atoms with E-state index in [0.29, 0.717) is 11.9 Å². The average molecular weight is 253 g/mol. The van der Waals surface area contributed by atoms with Crippen LogP contribution in [0.15, 0.2) is 0 Å². The van der Waals surface area contributed by atoms with Crippen LogP contribution in [0.4, 0.5) is 0 Å². The van der Waals surface area contributed by atoms with Crippen molar-refractivity contribution >= 4 is 5.91 Å². The maximum Gasteiger partial charge on any atom is 0.230 e. The summed E-state index contributed by atoms with van der Waals surface area (Å²) < 4.78 is 0. The third-order valence-corrected chi connectivity index (χ3v) is 5.00. The molecule has 0 aromatic heterocycles. The molecule has 1 saturated carbocycles. The number of rotatable bonds is 2. The molecule has 0 spiro atoms. The van der Waals surface area contributed by atoms with Crippen LogP contribution in [0.3, 0.4) is 0 Å². The molecular weight excluding hydrogens is 226 g/mol. The number of likely N-dealkylation sites (tertiary alicyclic amines) is 1. The Balaban J connectivity index is 1.95. The van der Waals surface area contributed by atoms with E-state index >= 15 is 0 Å². The molecule has 2 rings (SSSR count). The van der Waals surface area contributed by atoms with Gasteiger partial charge in [-0.3, -0.25) is 4.79 Å². The maximum atomic E-state index is 12.6. The average Bonchev–Trinajstić information content (AvgIpc) is 2.70. The quantitative estimate of drug-likeness (QED) is 0.800. The largest absolute Gasteiger partial charge is 0.342 e. The van der Waals surface area contributed by atoms with Crippen LogP contribution in [0.5, 0.6) is 0 Å². The Labute approximate surface area is 110 Å². The molecule has 1 heterocycles. The number of hydrogen-bond acceptors (Lipinski definition) is 3. The zero-order valence-electron chi connectivity index (χ0n) is 12.0. The molecule has 104 valence electrons. The first-order chi connectivity index (χ1) is 8.45. The van der Waals surface area contributed by atoms with Gasteiger partial charge in [-0.05, 0) is 46.7 Å². The van der Waals surface area contributed by atoms with Gasteiger partial charge in [0.1, 0.15) is 0 Å². The van der Waals surface area contributed by atoms with E-state index in [0.717, 1.165) is 45.2 Å². The summed E-state index contributed by atoms with van der Waals surface area (Å²) in [5, 5.41) is 0. The number of hydrogen-bond donors (Lipinski definition) is 1. The molecular formula is C14H27N3O. The van der Waals surface area contributed by atoms with Crippen LogP contribution in [-0.2, 0) is 4.79 Å². The minimum atomic E-state index is -0.301. The van der Waals surface area contributed by atoms with Gasteiger partial charge in [-0.25, -0.2) is 0 Å². The van der Waals surface area contributed by atoms with Gasteiger partial charge in [0.2, 0.25) is 5.91 Å². The van der Waals surface area contributed by atoms with E-state index in [4.69, 9.17) is 5.73 Å². The standard InChI is InChI=1S/C14H27N3O/c1-14(8-4-5-12(14)15)13(18)17-9-6-11(7-10-17)16(2)3/h11-12H,4-10,15H2,1-3H3. The van der Waals surface area contributed by atoms with Crippen molar-refractivity contribution in [2.45, 2.75) is 51.1 Å². The van der Waals surface area contributed by atoms with Gasteiger partial charge < -0.3 is 15.5 Å². The highest BCUT2D eigenvalue weighted by Crippen LogP contribution is 2.38. The van der Waals surface area contributed by atoms with Gasteiger partial charge in [0.25, 0.3) is 0 Å². The third kappa shape index (κ3) is 2.41. The van der Waals surface area contributed by atoms with E-state index in [1.165, 1.54) is 0 Å². The fourth-order valence-electron chi connectivity index (χ4n) is 3.41. The monoisotopic (exact) mass is 253 g/mol. The molecule has 2 aliphatic rings. The Hall–Kier alpha value is -0.610. The van der Waals surface area contributed by atoms with Crippen molar-refractivity contribution < 1.29 is 4.79 Å². The predicted molar refractivity (Wildman–Crippen MR) is 73.2 cm³/mol. The summed E-state index contributed by atoms with van der Waals surface area (Å²) in [6, 6.07) is 0.677. The summed E-state index contributed by atoms with van der Waals surface area (Å²) in [5.41, 5.74) is 5.84. The molecule has 4 heteroatoms. The summed E-state index contributed by atoms with van der Waals surface area (Å²) in [5.74, 6) is 0.296. The molecule has 0 aromatic rings. The second-order valence-corrected chi connectivity index (χ2v) is 6.40. The van der Waals surface area contributed by atoms with Crippen molar-refractivity contribution in [2.75, 3.05) is 27.2 Å². The molecule has 2 N–H and O–H groups in total. The van der Waals surface area contributed by atoms with Gasteiger partial charge in [0, 0.05) is 25.2 Å². The highest BCUT2D eigenvalue weighted by atomic mass is 16.2. The minimum absolute atomic E-state index is 0.0524. The summed E-state index contributed by atoms with van der Waals surface area (Å²) in [4.78, 5) is 17.0. The molecule has 1 aliphatic carbocycles.